The lowest BCUT2D eigenvalue weighted by Crippen LogP contribution is -2.32. The van der Waals surface area contributed by atoms with Crippen LogP contribution in [0.5, 0.6) is 0 Å². The highest BCUT2D eigenvalue weighted by molar-refractivity contribution is 7.94. The first-order valence-electron chi connectivity index (χ1n) is 5.82. The van der Waals surface area contributed by atoms with Crippen LogP contribution in [0, 0.1) is 0 Å². The quantitative estimate of drug-likeness (QED) is 0.843. The molecule has 116 valence electrons. The number of benzene rings is 1. The van der Waals surface area contributed by atoms with Crippen LogP contribution in [-0.4, -0.2) is 49.6 Å². The number of anilines is 1. The van der Waals surface area contributed by atoms with Gasteiger partial charge in [-0.05, 0) is 25.1 Å². The second-order valence-corrected chi connectivity index (χ2v) is 6.93. The molecule has 1 unspecified atom stereocenters. The zero-order chi connectivity index (χ0) is 16.4. The molecule has 2 N–H and O–H groups in total. The van der Waals surface area contributed by atoms with E-state index in [9.17, 15) is 18.0 Å². The lowest BCUT2D eigenvalue weighted by atomic mass is 10.2. The Morgan fingerprint density at radius 1 is 1.33 bits per heavy atom. The highest BCUT2D eigenvalue weighted by Crippen LogP contribution is 2.23. The molecule has 0 aliphatic rings. The van der Waals surface area contributed by atoms with Gasteiger partial charge in [0.25, 0.3) is 5.91 Å². The van der Waals surface area contributed by atoms with E-state index in [1.165, 1.54) is 37.2 Å². The SMILES string of the molecule is CC(C(=O)O)S(=O)(=O)Nc1ccc(Cl)c(C(=O)N(C)C)c1. The average molecular weight is 335 g/mol. The summed E-state index contributed by atoms with van der Waals surface area (Å²) in [5, 5.41) is 7.30. The van der Waals surface area contributed by atoms with Crippen molar-refractivity contribution in [3.05, 3.63) is 28.8 Å². The van der Waals surface area contributed by atoms with E-state index >= 15 is 0 Å². The molecule has 0 aliphatic heterocycles. The fourth-order valence-electron chi connectivity index (χ4n) is 1.38. The summed E-state index contributed by atoms with van der Waals surface area (Å²) in [5.74, 6) is -1.87. The molecule has 0 saturated carbocycles. The van der Waals surface area contributed by atoms with E-state index in [-0.39, 0.29) is 16.3 Å². The summed E-state index contributed by atoms with van der Waals surface area (Å²) in [6, 6.07) is 3.97. The van der Waals surface area contributed by atoms with Crippen molar-refractivity contribution in [2.75, 3.05) is 18.8 Å². The maximum atomic E-state index is 11.9. The number of nitrogens with one attached hydrogen (secondary N) is 1. The number of aliphatic carboxylic acids is 1. The van der Waals surface area contributed by atoms with Crippen LogP contribution in [0.15, 0.2) is 18.2 Å². The largest absolute Gasteiger partial charge is 0.480 e. The summed E-state index contributed by atoms with van der Waals surface area (Å²) in [4.78, 5) is 23.9. The normalized spacial score (nSPS) is 12.6. The monoisotopic (exact) mass is 334 g/mol. The Balaban J connectivity index is 3.15. The number of nitrogens with zero attached hydrogens (tertiary/aromatic N) is 1. The summed E-state index contributed by atoms with van der Waals surface area (Å²) < 4.78 is 25.8. The Morgan fingerprint density at radius 2 is 1.90 bits per heavy atom. The van der Waals surface area contributed by atoms with Gasteiger partial charge in [0.1, 0.15) is 0 Å². The highest BCUT2D eigenvalue weighted by Gasteiger charge is 2.28. The predicted octanol–water partition coefficient (Wildman–Crippen LogP) is 1.26. The molecule has 1 aromatic rings. The number of amides is 1. The molecular weight excluding hydrogens is 320 g/mol. The van der Waals surface area contributed by atoms with Crippen molar-refractivity contribution in [2.24, 2.45) is 0 Å². The van der Waals surface area contributed by atoms with E-state index in [0.717, 1.165) is 6.92 Å². The van der Waals surface area contributed by atoms with Crippen LogP contribution >= 0.6 is 11.6 Å². The predicted molar refractivity (Wildman–Crippen MR) is 79.1 cm³/mol. The number of hydrogen-bond acceptors (Lipinski definition) is 4. The third-order valence-electron chi connectivity index (χ3n) is 2.68. The van der Waals surface area contributed by atoms with Crippen molar-refractivity contribution in [1.82, 2.24) is 4.90 Å². The van der Waals surface area contributed by atoms with Gasteiger partial charge in [-0.2, -0.15) is 0 Å². The molecule has 7 nitrogen and oxygen atoms in total. The molecule has 0 saturated heterocycles. The first-order chi connectivity index (χ1) is 9.56. The van der Waals surface area contributed by atoms with E-state index in [2.05, 4.69) is 4.72 Å². The Kier molecular flexibility index (Phi) is 5.19. The van der Waals surface area contributed by atoms with E-state index in [0.29, 0.717) is 0 Å². The number of carbonyl (C=O) groups excluding carboxylic acids is 1. The van der Waals surface area contributed by atoms with Gasteiger partial charge in [-0.15, -0.1) is 0 Å². The van der Waals surface area contributed by atoms with Gasteiger partial charge < -0.3 is 10.0 Å². The maximum Gasteiger partial charge on any atom is 0.323 e. The molecule has 0 aliphatic carbocycles. The lowest BCUT2D eigenvalue weighted by Gasteiger charge is -2.15. The average Bonchev–Trinajstić information content (AvgIpc) is 2.38. The molecule has 0 bridgehead atoms. The topological polar surface area (TPSA) is 104 Å². The van der Waals surface area contributed by atoms with Crippen molar-refractivity contribution in [2.45, 2.75) is 12.2 Å². The van der Waals surface area contributed by atoms with Crippen LogP contribution in [0.1, 0.15) is 17.3 Å². The molecule has 1 aromatic carbocycles. The van der Waals surface area contributed by atoms with Crippen molar-refractivity contribution in [3.8, 4) is 0 Å². The molecule has 0 aromatic heterocycles. The molecule has 0 heterocycles. The zero-order valence-electron chi connectivity index (χ0n) is 11.6. The Bertz CT molecular complexity index is 672. The lowest BCUT2D eigenvalue weighted by molar-refractivity contribution is -0.136. The van der Waals surface area contributed by atoms with Crippen LogP contribution in [0.3, 0.4) is 0 Å². The molecule has 0 radical (unpaired) electrons. The third-order valence-corrected chi connectivity index (χ3v) is 4.66. The van der Waals surface area contributed by atoms with Crippen molar-refractivity contribution in [1.29, 1.82) is 0 Å². The Hall–Kier alpha value is -1.80. The molecule has 0 fully saturated rings. The van der Waals surface area contributed by atoms with Crippen molar-refractivity contribution < 1.29 is 23.1 Å². The maximum absolute atomic E-state index is 11.9. The fraction of sp³-hybridized carbons (Fsp3) is 0.333. The van der Waals surface area contributed by atoms with Crippen LogP contribution in [0.25, 0.3) is 0 Å². The minimum atomic E-state index is -4.11. The van der Waals surface area contributed by atoms with Crippen LogP contribution in [0.4, 0.5) is 5.69 Å². The Labute approximate surface area is 127 Å². The number of sulfonamides is 1. The molecular formula is C12H15ClN2O5S. The van der Waals surface area contributed by atoms with Crippen molar-refractivity contribution in [3.63, 3.8) is 0 Å². The molecule has 9 heteroatoms. The number of carboxylic acids is 1. The van der Waals surface area contributed by atoms with Gasteiger partial charge in [0.2, 0.25) is 10.0 Å². The number of halogens is 1. The standard InChI is InChI=1S/C12H15ClN2O5S/c1-7(12(17)18)21(19,20)14-8-4-5-10(13)9(6-8)11(16)15(2)3/h4-7,14H,1-3H3,(H,17,18). The van der Waals surface area contributed by atoms with E-state index in [1.54, 1.807) is 0 Å². The number of carbonyl (C=O) groups is 2. The van der Waals surface area contributed by atoms with Crippen LogP contribution < -0.4 is 4.72 Å². The van der Waals surface area contributed by atoms with Crippen LogP contribution in [0.2, 0.25) is 5.02 Å². The van der Waals surface area contributed by atoms with Gasteiger partial charge in [0.05, 0.1) is 10.6 Å². The highest BCUT2D eigenvalue weighted by atomic mass is 35.5. The van der Waals surface area contributed by atoms with Gasteiger partial charge >= 0.3 is 5.97 Å². The number of rotatable bonds is 5. The smallest absolute Gasteiger partial charge is 0.323 e. The van der Waals surface area contributed by atoms with E-state index < -0.39 is 27.1 Å². The second kappa shape index (κ2) is 6.31. The van der Waals surface area contributed by atoms with E-state index in [4.69, 9.17) is 16.7 Å². The van der Waals surface area contributed by atoms with Gasteiger partial charge in [-0.25, -0.2) is 8.42 Å². The van der Waals surface area contributed by atoms with Crippen molar-refractivity contribution >= 4 is 39.2 Å². The number of hydrogen-bond donors (Lipinski definition) is 2. The Morgan fingerprint density at radius 3 is 2.38 bits per heavy atom. The molecule has 1 amide bonds. The molecule has 1 atom stereocenters. The van der Waals surface area contributed by atoms with Crippen LogP contribution in [-0.2, 0) is 14.8 Å². The minimum Gasteiger partial charge on any atom is -0.480 e. The zero-order valence-corrected chi connectivity index (χ0v) is 13.2. The summed E-state index contributed by atoms with van der Waals surface area (Å²) in [6.45, 7) is 1.05. The molecule has 1 rings (SSSR count). The van der Waals surface area contributed by atoms with Gasteiger partial charge in [-0.3, -0.25) is 14.3 Å². The molecule has 0 spiro atoms. The number of carboxylic acid groups (broad SMARTS) is 1. The van der Waals surface area contributed by atoms with E-state index in [1.807, 2.05) is 0 Å². The first-order valence-corrected chi connectivity index (χ1v) is 7.74. The summed E-state index contributed by atoms with van der Waals surface area (Å²) in [6.07, 6.45) is 0. The third kappa shape index (κ3) is 4.08. The fourth-order valence-corrected chi connectivity index (χ4v) is 2.48. The van der Waals surface area contributed by atoms with Gasteiger partial charge in [-0.1, -0.05) is 11.6 Å². The summed E-state index contributed by atoms with van der Waals surface area (Å²) >= 11 is 5.90. The van der Waals surface area contributed by atoms with Gasteiger partial charge in [0.15, 0.2) is 5.25 Å². The second-order valence-electron chi connectivity index (χ2n) is 4.52. The minimum absolute atomic E-state index is 0.0673. The summed E-state index contributed by atoms with van der Waals surface area (Å²) in [5.41, 5.74) is 0.183. The van der Waals surface area contributed by atoms with Gasteiger partial charge in [0, 0.05) is 19.8 Å². The first kappa shape index (κ1) is 17.3. The summed E-state index contributed by atoms with van der Waals surface area (Å²) in [7, 11) is -1.05. The molecule has 21 heavy (non-hydrogen) atoms.